The number of nitrogens with zero attached hydrogens (tertiary/aromatic N) is 3. The highest BCUT2D eigenvalue weighted by Crippen LogP contribution is 2.22. The van der Waals surface area contributed by atoms with Gasteiger partial charge >= 0.3 is 0 Å². The van der Waals surface area contributed by atoms with E-state index in [4.69, 9.17) is 9.72 Å². The number of ether oxygens (including phenoxy) is 1. The van der Waals surface area contributed by atoms with E-state index in [-0.39, 0.29) is 12.5 Å². The second-order valence-electron chi connectivity index (χ2n) is 7.05. The van der Waals surface area contributed by atoms with E-state index in [0.29, 0.717) is 17.4 Å². The molecule has 0 unspecified atom stereocenters. The van der Waals surface area contributed by atoms with Crippen LogP contribution in [0.15, 0.2) is 60.7 Å². The molecule has 6 nitrogen and oxygen atoms in total. The average Bonchev–Trinajstić information content (AvgIpc) is 3.07. The summed E-state index contributed by atoms with van der Waals surface area (Å²) in [5.74, 6) is 1.61. The van der Waals surface area contributed by atoms with Gasteiger partial charge in [-0.05, 0) is 50.6 Å². The lowest BCUT2D eigenvalue weighted by Gasteiger charge is -2.11. The number of pyridine rings is 1. The van der Waals surface area contributed by atoms with Gasteiger partial charge in [0, 0.05) is 11.5 Å². The first-order valence-corrected chi connectivity index (χ1v) is 9.42. The fraction of sp³-hybridized carbons (Fsp3) is 0.174. The number of hydrogen-bond donors (Lipinski definition) is 1. The number of rotatable bonds is 5. The minimum Gasteiger partial charge on any atom is -0.484 e. The fourth-order valence-electron chi connectivity index (χ4n) is 3.17. The molecule has 0 atom stereocenters. The van der Waals surface area contributed by atoms with Crippen LogP contribution >= 0.6 is 0 Å². The predicted molar refractivity (Wildman–Crippen MR) is 114 cm³/mol. The van der Waals surface area contributed by atoms with Gasteiger partial charge in [-0.3, -0.25) is 4.79 Å². The molecular weight excluding hydrogens is 364 g/mol. The van der Waals surface area contributed by atoms with E-state index in [1.165, 1.54) is 0 Å². The van der Waals surface area contributed by atoms with Crippen LogP contribution in [0.5, 0.6) is 5.75 Å². The van der Waals surface area contributed by atoms with Crippen molar-refractivity contribution in [2.45, 2.75) is 20.8 Å². The number of carbonyl (C=O) groups excluding carboxylic acids is 1. The molecule has 0 aliphatic rings. The van der Waals surface area contributed by atoms with Gasteiger partial charge in [0.25, 0.3) is 5.91 Å². The number of benzene rings is 2. The van der Waals surface area contributed by atoms with Gasteiger partial charge in [-0.1, -0.05) is 35.9 Å². The van der Waals surface area contributed by atoms with Crippen LogP contribution < -0.4 is 10.1 Å². The Labute approximate surface area is 169 Å². The zero-order valence-electron chi connectivity index (χ0n) is 16.6. The second kappa shape index (κ2) is 7.75. The normalized spacial score (nSPS) is 10.9. The van der Waals surface area contributed by atoms with Gasteiger partial charge in [-0.25, -0.2) is 4.98 Å². The molecular formula is C23H22N4O2. The van der Waals surface area contributed by atoms with Gasteiger partial charge in [0.05, 0.1) is 11.2 Å². The highest BCUT2D eigenvalue weighted by atomic mass is 16.5. The molecule has 0 fully saturated rings. The quantitative estimate of drug-likeness (QED) is 0.553. The summed E-state index contributed by atoms with van der Waals surface area (Å²) in [7, 11) is 0. The van der Waals surface area contributed by atoms with Gasteiger partial charge in [-0.2, -0.15) is 9.78 Å². The van der Waals surface area contributed by atoms with E-state index < -0.39 is 0 Å². The van der Waals surface area contributed by atoms with Crippen molar-refractivity contribution in [2.24, 2.45) is 0 Å². The third kappa shape index (κ3) is 4.11. The first-order valence-electron chi connectivity index (χ1n) is 9.42. The van der Waals surface area contributed by atoms with Crippen molar-refractivity contribution in [2.75, 3.05) is 11.9 Å². The van der Waals surface area contributed by atoms with Crippen LogP contribution in [-0.2, 0) is 4.79 Å². The lowest BCUT2D eigenvalue weighted by molar-refractivity contribution is -0.118. The lowest BCUT2D eigenvalue weighted by atomic mass is 10.1. The summed E-state index contributed by atoms with van der Waals surface area (Å²) in [6.07, 6.45) is 0. The number of para-hydroxylation sites is 1. The fourth-order valence-corrected chi connectivity index (χ4v) is 3.17. The minimum absolute atomic E-state index is 0.0858. The molecule has 4 rings (SSSR count). The molecule has 29 heavy (non-hydrogen) atoms. The maximum absolute atomic E-state index is 12.4. The summed E-state index contributed by atoms with van der Waals surface area (Å²) >= 11 is 0. The Morgan fingerprint density at radius 3 is 2.59 bits per heavy atom. The summed E-state index contributed by atoms with van der Waals surface area (Å²) in [6.45, 7) is 5.83. The summed E-state index contributed by atoms with van der Waals surface area (Å²) in [5.41, 5.74) is 3.90. The molecule has 4 aromatic rings. The van der Waals surface area contributed by atoms with Crippen molar-refractivity contribution in [3.05, 3.63) is 77.5 Å². The second-order valence-corrected chi connectivity index (χ2v) is 7.05. The van der Waals surface area contributed by atoms with Crippen LogP contribution in [-0.4, -0.2) is 27.3 Å². The van der Waals surface area contributed by atoms with Gasteiger partial charge in [-0.15, -0.1) is 0 Å². The molecule has 6 heteroatoms. The number of amides is 1. The van der Waals surface area contributed by atoms with Crippen LogP contribution in [0.25, 0.3) is 16.7 Å². The van der Waals surface area contributed by atoms with E-state index in [0.717, 1.165) is 27.7 Å². The van der Waals surface area contributed by atoms with Crippen molar-refractivity contribution in [3.8, 4) is 11.6 Å². The number of nitrogens with one attached hydrogen (secondary N) is 1. The van der Waals surface area contributed by atoms with E-state index in [1.807, 2.05) is 81.4 Å². The number of aryl methyl sites for hydroxylation is 3. The van der Waals surface area contributed by atoms with Crippen molar-refractivity contribution >= 4 is 22.6 Å². The SMILES string of the molecule is Cc1ccc(OCC(=O)Nc2cc(C)nn2-c2cc(C)c3ccccc3n2)cc1. The molecule has 2 aromatic heterocycles. The molecule has 0 aliphatic heterocycles. The molecule has 1 N–H and O–H groups in total. The van der Waals surface area contributed by atoms with Crippen LogP contribution in [0.4, 0.5) is 5.82 Å². The third-order valence-corrected chi connectivity index (χ3v) is 4.62. The molecule has 1 amide bonds. The summed E-state index contributed by atoms with van der Waals surface area (Å²) < 4.78 is 7.22. The van der Waals surface area contributed by atoms with E-state index in [2.05, 4.69) is 10.4 Å². The number of anilines is 1. The highest BCUT2D eigenvalue weighted by Gasteiger charge is 2.14. The Morgan fingerprint density at radius 2 is 1.79 bits per heavy atom. The van der Waals surface area contributed by atoms with Crippen molar-refractivity contribution in [3.63, 3.8) is 0 Å². The third-order valence-electron chi connectivity index (χ3n) is 4.62. The van der Waals surface area contributed by atoms with Crippen LogP contribution in [0.3, 0.4) is 0 Å². The standard InChI is InChI=1S/C23H22N4O2/c1-15-8-10-18(11-9-15)29-14-23(28)25-22-13-17(3)26-27(22)21-12-16(2)19-6-4-5-7-20(19)24-21/h4-13H,14H2,1-3H3,(H,25,28). The monoisotopic (exact) mass is 386 g/mol. The van der Waals surface area contributed by atoms with Crippen molar-refractivity contribution < 1.29 is 9.53 Å². The maximum atomic E-state index is 12.4. The zero-order chi connectivity index (χ0) is 20.4. The number of hydrogen-bond acceptors (Lipinski definition) is 4. The molecule has 0 spiro atoms. The number of aromatic nitrogens is 3. The molecule has 0 saturated carbocycles. The van der Waals surface area contributed by atoms with E-state index in [9.17, 15) is 4.79 Å². The summed E-state index contributed by atoms with van der Waals surface area (Å²) in [5, 5.41) is 8.48. The Bertz CT molecular complexity index is 1180. The molecule has 0 saturated heterocycles. The molecule has 2 heterocycles. The Kier molecular flexibility index (Phi) is 4.99. The zero-order valence-corrected chi connectivity index (χ0v) is 16.6. The topological polar surface area (TPSA) is 69.0 Å². The molecule has 0 aliphatic carbocycles. The smallest absolute Gasteiger partial charge is 0.263 e. The van der Waals surface area contributed by atoms with E-state index in [1.54, 1.807) is 4.68 Å². The predicted octanol–water partition coefficient (Wildman–Crippen LogP) is 4.36. The summed E-state index contributed by atoms with van der Waals surface area (Å²) in [4.78, 5) is 17.1. The van der Waals surface area contributed by atoms with Crippen molar-refractivity contribution in [1.82, 2.24) is 14.8 Å². The van der Waals surface area contributed by atoms with Gasteiger partial charge < -0.3 is 10.1 Å². The van der Waals surface area contributed by atoms with Crippen LogP contribution in [0.1, 0.15) is 16.8 Å². The number of fused-ring (bicyclic) bond motifs is 1. The van der Waals surface area contributed by atoms with Crippen molar-refractivity contribution in [1.29, 1.82) is 0 Å². The first-order chi connectivity index (χ1) is 14.0. The highest BCUT2D eigenvalue weighted by molar-refractivity contribution is 5.91. The average molecular weight is 386 g/mol. The van der Waals surface area contributed by atoms with Gasteiger partial charge in [0.2, 0.25) is 0 Å². The molecule has 0 radical (unpaired) electrons. The number of carbonyl (C=O) groups is 1. The summed E-state index contributed by atoms with van der Waals surface area (Å²) in [6, 6.07) is 19.3. The van der Waals surface area contributed by atoms with Gasteiger partial charge in [0.15, 0.2) is 12.4 Å². The lowest BCUT2D eigenvalue weighted by Crippen LogP contribution is -2.22. The van der Waals surface area contributed by atoms with Crippen LogP contribution in [0, 0.1) is 20.8 Å². The molecule has 2 aromatic carbocycles. The first kappa shape index (κ1) is 18.7. The minimum atomic E-state index is -0.260. The Hall–Kier alpha value is -3.67. The largest absolute Gasteiger partial charge is 0.484 e. The van der Waals surface area contributed by atoms with E-state index >= 15 is 0 Å². The molecule has 146 valence electrons. The Morgan fingerprint density at radius 1 is 1.03 bits per heavy atom. The van der Waals surface area contributed by atoms with Gasteiger partial charge in [0.1, 0.15) is 11.6 Å². The molecule has 0 bridgehead atoms. The Balaban J connectivity index is 1.55. The maximum Gasteiger partial charge on any atom is 0.263 e. The van der Waals surface area contributed by atoms with Crippen LogP contribution in [0.2, 0.25) is 0 Å².